The normalized spacial score (nSPS) is 19.8. The summed E-state index contributed by atoms with van der Waals surface area (Å²) in [5.74, 6) is 0.285. The molecule has 0 aliphatic carbocycles. The Kier molecular flexibility index (Phi) is 2.88. The quantitative estimate of drug-likeness (QED) is 0.764. The van der Waals surface area contributed by atoms with Crippen molar-refractivity contribution in [3.63, 3.8) is 0 Å². The van der Waals surface area contributed by atoms with Gasteiger partial charge in [-0.2, -0.15) is 12.6 Å². The molecule has 88 valence electrons. The van der Waals surface area contributed by atoms with Gasteiger partial charge in [0.2, 0.25) is 5.79 Å². The van der Waals surface area contributed by atoms with E-state index in [1.54, 1.807) is 0 Å². The van der Waals surface area contributed by atoms with E-state index in [0.717, 1.165) is 22.6 Å². The van der Waals surface area contributed by atoms with E-state index in [9.17, 15) is 0 Å². The molecule has 1 aliphatic heterocycles. The first kappa shape index (κ1) is 11.7. The van der Waals surface area contributed by atoms with Gasteiger partial charge in [0.1, 0.15) is 5.75 Å². The molecule has 4 heteroatoms. The Labute approximate surface area is 102 Å². The Balaban J connectivity index is 2.52. The summed E-state index contributed by atoms with van der Waals surface area (Å²) in [7, 11) is 0. The zero-order chi connectivity index (χ0) is 11.9. The van der Waals surface area contributed by atoms with E-state index >= 15 is 0 Å². The summed E-state index contributed by atoms with van der Waals surface area (Å²) in [6.07, 6.45) is 1.86. The van der Waals surface area contributed by atoms with E-state index in [0.29, 0.717) is 6.61 Å². The molecule has 1 aliphatic rings. The first-order valence-corrected chi connectivity index (χ1v) is 5.92. The van der Waals surface area contributed by atoms with Crippen LogP contribution in [0.3, 0.4) is 0 Å². The number of thiol groups is 1. The average Bonchev–Trinajstić information content (AvgIpc) is 2.18. The lowest BCUT2D eigenvalue weighted by Crippen LogP contribution is -2.36. The van der Waals surface area contributed by atoms with Gasteiger partial charge in [0, 0.05) is 30.9 Å². The molecule has 0 fully saturated rings. The fraction of sp³-hybridized carbons (Fsp3) is 0.583. The third-order valence-corrected chi connectivity index (χ3v) is 2.99. The number of aryl methyl sites for hydroxylation is 1. The van der Waals surface area contributed by atoms with Gasteiger partial charge in [0.15, 0.2) is 0 Å². The molecular formula is C12H17NO2S. The van der Waals surface area contributed by atoms with Crippen LogP contribution < -0.4 is 4.74 Å². The second-order valence-electron chi connectivity index (χ2n) is 4.57. The van der Waals surface area contributed by atoms with Crippen molar-refractivity contribution in [1.82, 2.24) is 4.98 Å². The van der Waals surface area contributed by atoms with Gasteiger partial charge in [-0.25, -0.2) is 0 Å². The van der Waals surface area contributed by atoms with Crippen LogP contribution in [0, 0.1) is 6.92 Å². The molecule has 16 heavy (non-hydrogen) atoms. The van der Waals surface area contributed by atoms with Crippen molar-refractivity contribution in [2.75, 3.05) is 0 Å². The molecule has 2 heterocycles. The maximum absolute atomic E-state index is 5.82. The first-order chi connectivity index (χ1) is 7.41. The Hall–Kier alpha value is -0.740. The second kappa shape index (κ2) is 3.93. The summed E-state index contributed by atoms with van der Waals surface area (Å²) in [6.45, 7) is 8.35. The van der Waals surface area contributed by atoms with E-state index in [4.69, 9.17) is 9.47 Å². The molecule has 1 atom stereocenters. The third-order valence-electron chi connectivity index (χ3n) is 2.71. The maximum atomic E-state index is 5.82. The monoisotopic (exact) mass is 239 g/mol. The summed E-state index contributed by atoms with van der Waals surface area (Å²) >= 11 is 4.45. The van der Waals surface area contributed by atoms with Crippen LogP contribution in [0.5, 0.6) is 5.75 Å². The van der Waals surface area contributed by atoms with Crippen molar-refractivity contribution in [2.45, 2.75) is 45.3 Å². The molecule has 1 aromatic heterocycles. The summed E-state index contributed by atoms with van der Waals surface area (Å²) < 4.78 is 11.5. The van der Waals surface area contributed by atoms with E-state index in [-0.39, 0.29) is 5.25 Å². The number of ether oxygens (including phenoxy) is 2. The van der Waals surface area contributed by atoms with Crippen molar-refractivity contribution < 1.29 is 9.47 Å². The number of hydrogen-bond donors (Lipinski definition) is 1. The summed E-state index contributed by atoms with van der Waals surface area (Å²) in [6, 6.07) is 0. The highest BCUT2D eigenvalue weighted by atomic mass is 32.1. The third kappa shape index (κ3) is 2.04. The summed E-state index contributed by atoms with van der Waals surface area (Å²) in [5.41, 5.74) is 3.07. The minimum atomic E-state index is -0.572. The van der Waals surface area contributed by atoms with Gasteiger partial charge in [-0.1, -0.05) is 0 Å². The van der Waals surface area contributed by atoms with E-state index in [2.05, 4.69) is 17.6 Å². The molecule has 0 saturated carbocycles. The van der Waals surface area contributed by atoms with Crippen LogP contribution in [0.2, 0.25) is 0 Å². The van der Waals surface area contributed by atoms with Crippen LogP contribution in [0.1, 0.15) is 42.8 Å². The Morgan fingerprint density at radius 1 is 1.50 bits per heavy atom. The van der Waals surface area contributed by atoms with Crippen LogP contribution in [0.15, 0.2) is 6.20 Å². The molecule has 0 spiro atoms. The number of rotatable bonds is 1. The van der Waals surface area contributed by atoms with Gasteiger partial charge in [0.25, 0.3) is 0 Å². The number of aromatic nitrogens is 1. The first-order valence-electron chi connectivity index (χ1n) is 5.40. The van der Waals surface area contributed by atoms with Crippen molar-refractivity contribution in [3.05, 3.63) is 23.0 Å². The molecule has 3 nitrogen and oxygen atoms in total. The summed E-state index contributed by atoms with van der Waals surface area (Å²) in [5, 5.41) is 0.135. The highest BCUT2D eigenvalue weighted by molar-refractivity contribution is 7.80. The fourth-order valence-electron chi connectivity index (χ4n) is 1.82. The number of nitrogens with zero attached hydrogens (tertiary/aromatic N) is 1. The molecular weight excluding hydrogens is 222 g/mol. The maximum Gasteiger partial charge on any atom is 0.205 e. The van der Waals surface area contributed by atoms with Gasteiger partial charge in [-0.05, 0) is 19.4 Å². The fourth-order valence-corrected chi connectivity index (χ4v) is 2.04. The SMILES string of the molecule is Cc1ncc([C@@H](C)S)c2c1OC(C)(C)OC2. The summed E-state index contributed by atoms with van der Waals surface area (Å²) in [4.78, 5) is 4.35. The van der Waals surface area contributed by atoms with Gasteiger partial charge in [0.05, 0.1) is 12.3 Å². The standard InChI is InChI=1S/C12H17NO2S/c1-7-11-10(6-14-12(3,4)15-11)9(5-13-7)8(2)16/h5,8,16H,6H2,1-4H3/t8-/m1/s1. The highest BCUT2D eigenvalue weighted by Gasteiger charge is 2.30. The smallest absolute Gasteiger partial charge is 0.205 e. The molecule has 0 amide bonds. The minimum absolute atomic E-state index is 0.135. The minimum Gasteiger partial charge on any atom is -0.461 e. The molecule has 0 aromatic carbocycles. The molecule has 2 rings (SSSR count). The predicted molar refractivity (Wildman–Crippen MR) is 65.9 cm³/mol. The number of pyridine rings is 1. The zero-order valence-corrected chi connectivity index (χ0v) is 11.0. The van der Waals surface area contributed by atoms with Gasteiger partial charge in [-0.3, -0.25) is 4.98 Å². The predicted octanol–water partition coefficient (Wildman–Crippen LogP) is 3.03. The van der Waals surface area contributed by atoms with Gasteiger partial charge >= 0.3 is 0 Å². The molecule has 0 saturated heterocycles. The molecule has 0 bridgehead atoms. The Morgan fingerprint density at radius 3 is 2.81 bits per heavy atom. The largest absolute Gasteiger partial charge is 0.461 e. The molecule has 1 aromatic rings. The van der Waals surface area contributed by atoms with Crippen molar-refractivity contribution in [2.24, 2.45) is 0 Å². The second-order valence-corrected chi connectivity index (χ2v) is 5.35. The van der Waals surface area contributed by atoms with E-state index < -0.39 is 5.79 Å². The van der Waals surface area contributed by atoms with Crippen molar-refractivity contribution >= 4 is 12.6 Å². The number of fused-ring (bicyclic) bond motifs is 1. The lowest BCUT2D eigenvalue weighted by molar-refractivity contribution is -0.180. The Morgan fingerprint density at radius 2 is 2.19 bits per heavy atom. The van der Waals surface area contributed by atoms with Crippen LogP contribution in [0.4, 0.5) is 0 Å². The average molecular weight is 239 g/mol. The molecule has 0 unspecified atom stereocenters. The molecule has 0 N–H and O–H groups in total. The zero-order valence-electron chi connectivity index (χ0n) is 10.1. The van der Waals surface area contributed by atoms with Crippen LogP contribution in [-0.2, 0) is 11.3 Å². The van der Waals surface area contributed by atoms with E-state index in [1.807, 2.05) is 33.9 Å². The lowest BCUT2D eigenvalue weighted by Gasteiger charge is -2.34. The van der Waals surface area contributed by atoms with Crippen LogP contribution in [-0.4, -0.2) is 10.8 Å². The van der Waals surface area contributed by atoms with Crippen LogP contribution >= 0.6 is 12.6 Å². The number of hydrogen-bond acceptors (Lipinski definition) is 4. The lowest BCUT2D eigenvalue weighted by atomic mass is 10.0. The van der Waals surface area contributed by atoms with Crippen LogP contribution in [0.25, 0.3) is 0 Å². The topological polar surface area (TPSA) is 31.4 Å². The van der Waals surface area contributed by atoms with Crippen molar-refractivity contribution in [1.29, 1.82) is 0 Å². The van der Waals surface area contributed by atoms with Crippen molar-refractivity contribution in [3.8, 4) is 5.75 Å². The van der Waals surface area contributed by atoms with E-state index in [1.165, 1.54) is 0 Å². The molecule has 0 radical (unpaired) electrons. The van der Waals surface area contributed by atoms with Gasteiger partial charge < -0.3 is 9.47 Å². The highest BCUT2D eigenvalue weighted by Crippen LogP contribution is 2.38. The van der Waals surface area contributed by atoms with Gasteiger partial charge in [-0.15, -0.1) is 0 Å². The Bertz CT molecular complexity index is 416.